The highest BCUT2D eigenvalue weighted by atomic mass is 35.5. The molecule has 0 heterocycles. The van der Waals surface area contributed by atoms with E-state index in [9.17, 15) is 4.39 Å². The third-order valence-corrected chi connectivity index (χ3v) is 2.97. The molecule has 1 aromatic carbocycles. The monoisotopic (exact) mass is 229 g/mol. The van der Waals surface area contributed by atoms with Crippen LogP contribution in [0.4, 0.5) is 4.39 Å². The van der Waals surface area contributed by atoms with Crippen molar-refractivity contribution < 1.29 is 4.39 Å². The van der Waals surface area contributed by atoms with Gasteiger partial charge < -0.3 is 5.73 Å². The second-order valence-electron chi connectivity index (χ2n) is 4.18. The van der Waals surface area contributed by atoms with Crippen molar-refractivity contribution in [2.75, 3.05) is 6.54 Å². The van der Waals surface area contributed by atoms with Crippen LogP contribution < -0.4 is 5.73 Å². The zero-order chi connectivity index (χ0) is 11.4. The van der Waals surface area contributed by atoms with Gasteiger partial charge in [-0.2, -0.15) is 0 Å². The summed E-state index contributed by atoms with van der Waals surface area (Å²) in [7, 11) is 0. The van der Waals surface area contributed by atoms with E-state index in [0.717, 1.165) is 0 Å². The molecular weight excluding hydrogens is 213 g/mol. The smallest absolute Gasteiger partial charge is 0.126 e. The molecule has 0 spiro atoms. The minimum Gasteiger partial charge on any atom is -0.330 e. The van der Waals surface area contributed by atoms with E-state index in [1.54, 1.807) is 12.1 Å². The molecule has 0 bridgehead atoms. The molecule has 2 N–H and O–H groups in total. The van der Waals surface area contributed by atoms with Crippen LogP contribution in [0, 0.1) is 17.7 Å². The molecule has 1 rings (SSSR count). The van der Waals surface area contributed by atoms with Crippen molar-refractivity contribution in [2.45, 2.75) is 20.3 Å². The highest BCUT2D eigenvalue weighted by Gasteiger charge is 2.14. The molecule has 1 aromatic rings. The van der Waals surface area contributed by atoms with Crippen molar-refractivity contribution in [1.82, 2.24) is 0 Å². The maximum atomic E-state index is 13.4. The molecular formula is C12H17ClFN. The van der Waals surface area contributed by atoms with Crippen LogP contribution in [0.3, 0.4) is 0 Å². The fourth-order valence-corrected chi connectivity index (χ4v) is 1.77. The van der Waals surface area contributed by atoms with E-state index in [-0.39, 0.29) is 5.82 Å². The van der Waals surface area contributed by atoms with Crippen LogP contribution in [0.5, 0.6) is 0 Å². The first-order valence-corrected chi connectivity index (χ1v) is 5.56. The first kappa shape index (κ1) is 12.5. The van der Waals surface area contributed by atoms with Crippen LogP contribution in [0.15, 0.2) is 18.2 Å². The lowest BCUT2D eigenvalue weighted by Gasteiger charge is -2.19. The van der Waals surface area contributed by atoms with Crippen molar-refractivity contribution in [3.63, 3.8) is 0 Å². The average Bonchev–Trinajstić information content (AvgIpc) is 2.18. The Morgan fingerprint density at radius 3 is 2.60 bits per heavy atom. The minimum atomic E-state index is -0.196. The van der Waals surface area contributed by atoms with Gasteiger partial charge in [-0.3, -0.25) is 0 Å². The second kappa shape index (κ2) is 5.47. The summed E-state index contributed by atoms with van der Waals surface area (Å²) in [6, 6.07) is 4.65. The number of hydrogen-bond acceptors (Lipinski definition) is 1. The van der Waals surface area contributed by atoms with Gasteiger partial charge in [0, 0.05) is 5.02 Å². The Balaban J connectivity index is 2.82. The van der Waals surface area contributed by atoms with Crippen molar-refractivity contribution in [3.05, 3.63) is 34.6 Å². The number of benzene rings is 1. The Morgan fingerprint density at radius 2 is 2.07 bits per heavy atom. The first-order valence-electron chi connectivity index (χ1n) is 5.18. The maximum absolute atomic E-state index is 13.4. The van der Waals surface area contributed by atoms with Gasteiger partial charge in [-0.15, -0.1) is 0 Å². The van der Waals surface area contributed by atoms with Gasteiger partial charge in [-0.25, -0.2) is 4.39 Å². The van der Waals surface area contributed by atoms with Crippen LogP contribution in [-0.2, 0) is 6.42 Å². The quantitative estimate of drug-likeness (QED) is 0.843. The number of halogens is 2. The molecule has 0 aliphatic rings. The second-order valence-corrected chi connectivity index (χ2v) is 4.62. The molecule has 0 fully saturated rings. The zero-order valence-corrected chi connectivity index (χ0v) is 9.89. The highest BCUT2D eigenvalue weighted by molar-refractivity contribution is 6.30. The Labute approximate surface area is 95.4 Å². The Kier molecular flexibility index (Phi) is 4.55. The van der Waals surface area contributed by atoms with Crippen molar-refractivity contribution in [1.29, 1.82) is 0 Å². The first-order chi connectivity index (χ1) is 7.04. The van der Waals surface area contributed by atoms with Crippen LogP contribution in [-0.4, -0.2) is 6.54 Å². The van der Waals surface area contributed by atoms with Gasteiger partial charge in [0.15, 0.2) is 0 Å². The van der Waals surface area contributed by atoms with E-state index < -0.39 is 0 Å². The summed E-state index contributed by atoms with van der Waals surface area (Å²) in [6.45, 7) is 4.77. The fourth-order valence-electron chi connectivity index (χ4n) is 1.57. The van der Waals surface area contributed by atoms with E-state index in [0.29, 0.717) is 35.4 Å². The molecule has 0 saturated heterocycles. The van der Waals surface area contributed by atoms with Gasteiger partial charge in [-0.1, -0.05) is 25.4 Å². The van der Waals surface area contributed by atoms with Crippen molar-refractivity contribution >= 4 is 11.6 Å². The van der Waals surface area contributed by atoms with Crippen LogP contribution in [0.2, 0.25) is 5.02 Å². The maximum Gasteiger partial charge on any atom is 0.126 e. The summed E-state index contributed by atoms with van der Waals surface area (Å²) in [5, 5.41) is 0.575. The summed E-state index contributed by atoms with van der Waals surface area (Å²) >= 11 is 5.83. The van der Waals surface area contributed by atoms with Crippen LogP contribution in [0.1, 0.15) is 19.4 Å². The molecule has 1 nitrogen and oxygen atoms in total. The number of hydrogen-bond donors (Lipinski definition) is 1. The predicted molar refractivity (Wildman–Crippen MR) is 62.5 cm³/mol. The third-order valence-electron chi connectivity index (χ3n) is 2.74. The van der Waals surface area contributed by atoms with Gasteiger partial charge in [-0.05, 0) is 48.6 Å². The van der Waals surface area contributed by atoms with Gasteiger partial charge >= 0.3 is 0 Å². The van der Waals surface area contributed by atoms with Gasteiger partial charge in [0.25, 0.3) is 0 Å². The van der Waals surface area contributed by atoms with E-state index in [2.05, 4.69) is 13.8 Å². The Hall–Kier alpha value is -0.600. The largest absolute Gasteiger partial charge is 0.330 e. The molecule has 0 amide bonds. The standard InChI is InChI=1S/C12H17ClFN/c1-8(2)10(7-15)5-9-6-11(13)3-4-12(9)14/h3-4,6,8,10H,5,7,15H2,1-2H3. The lowest BCUT2D eigenvalue weighted by molar-refractivity contribution is 0.386. The molecule has 1 atom stereocenters. The summed E-state index contributed by atoms with van der Waals surface area (Å²) in [6.07, 6.45) is 0.653. The average molecular weight is 230 g/mol. The van der Waals surface area contributed by atoms with Crippen molar-refractivity contribution in [3.8, 4) is 0 Å². The van der Waals surface area contributed by atoms with Gasteiger partial charge in [0.2, 0.25) is 0 Å². The molecule has 3 heteroatoms. The molecule has 0 aromatic heterocycles. The third kappa shape index (κ3) is 3.47. The summed E-state index contributed by atoms with van der Waals surface area (Å²) < 4.78 is 13.4. The predicted octanol–water partition coefficient (Wildman–Crippen LogP) is 3.25. The van der Waals surface area contributed by atoms with E-state index in [1.165, 1.54) is 6.07 Å². The lowest BCUT2D eigenvalue weighted by atomic mass is 9.89. The summed E-state index contributed by atoms with van der Waals surface area (Å²) in [5.41, 5.74) is 6.31. The number of nitrogens with two attached hydrogens (primary N) is 1. The molecule has 0 saturated carbocycles. The Morgan fingerprint density at radius 1 is 1.40 bits per heavy atom. The molecule has 1 unspecified atom stereocenters. The Bertz CT molecular complexity index is 325. The van der Waals surface area contributed by atoms with Crippen LogP contribution >= 0.6 is 11.6 Å². The van der Waals surface area contributed by atoms with Crippen LogP contribution in [0.25, 0.3) is 0 Å². The summed E-state index contributed by atoms with van der Waals surface area (Å²) in [4.78, 5) is 0. The van der Waals surface area contributed by atoms with Crippen molar-refractivity contribution in [2.24, 2.45) is 17.6 Å². The SMILES string of the molecule is CC(C)C(CN)Cc1cc(Cl)ccc1F. The fraction of sp³-hybridized carbons (Fsp3) is 0.500. The number of rotatable bonds is 4. The highest BCUT2D eigenvalue weighted by Crippen LogP contribution is 2.21. The van der Waals surface area contributed by atoms with E-state index >= 15 is 0 Å². The van der Waals surface area contributed by atoms with E-state index in [4.69, 9.17) is 17.3 Å². The molecule has 0 aliphatic heterocycles. The molecule has 0 radical (unpaired) electrons. The topological polar surface area (TPSA) is 26.0 Å². The lowest BCUT2D eigenvalue weighted by Crippen LogP contribution is -2.22. The van der Waals surface area contributed by atoms with Gasteiger partial charge in [0.05, 0.1) is 0 Å². The molecule has 0 aliphatic carbocycles. The molecule has 84 valence electrons. The molecule has 15 heavy (non-hydrogen) atoms. The normalized spacial score (nSPS) is 13.2. The summed E-state index contributed by atoms with van der Waals surface area (Å²) in [5.74, 6) is 0.560. The van der Waals surface area contributed by atoms with E-state index in [1.807, 2.05) is 0 Å². The zero-order valence-electron chi connectivity index (χ0n) is 9.13. The minimum absolute atomic E-state index is 0.196. The van der Waals surface area contributed by atoms with Gasteiger partial charge in [0.1, 0.15) is 5.82 Å².